The van der Waals surface area contributed by atoms with Gasteiger partial charge in [-0.15, -0.1) is 0 Å². The van der Waals surface area contributed by atoms with Crippen LogP contribution >= 0.6 is 0 Å². The molecule has 0 spiro atoms. The Bertz CT molecular complexity index is 1260. The van der Waals surface area contributed by atoms with Gasteiger partial charge in [-0.2, -0.15) is 14.8 Å². The topological polar surface area (TPSA) is 89.5 Å². The molecule has 2 aromatic heterocycles. The van der Waals surface area contributed by atoms with Gasteiger partial charge >= 0.3 is 6.09 Å². The number of hydrogen-bond acceptors (Lipinski definition) is 7. The van der Waals surface area contributed by atoms with E-state index in [1.807, 2.05) is 45.6 Å². The first kappa shape index (κ1) is 25.6. The number of nitrogens with zero attached hydrogens (tertiary/aromatic N) is 6. The molecule has 0 saturated carbocycles. The summed E-state index contributed by atoms with van der Waals surface area (Å²) in [5, 5.41) is 9.52. The first-order valence-electron chi connectivity index (χ1n) is 13.3. The molecule has 2 aliphatic rings. The number of halogens is 1. The van der Waals surface area contributed by atoms with Crippen molar-refractivity contribution >= 4 is 17.0 Å². The van der Waals surface area contributed by atoms with Crippen LogP contribution in [0, 0.1) is 17.7 Å². The molecule has 9 nitrogen and oxygen atoms in total. The van der Waals surface area contributed by atoms with Crippen molar-refractivity contribution in [3.63, 3.8) is 0 Å². The zero-order valence-electron chi connectivity index (χ0n) is 22.4. The summed E-state index contributed by atoms with van der Waals surface area (Å²) in [6.07, 6.45) is 2.51. The maximum atomic E-state index is 14.7. The van der Waals surface area contributed by atoms with E-state index in [1.54, 1.807) is 6.07 Å². The lowest BCUT2D eigenvalue weighted by Crippen LogP contribution is -2.36. The van der Waals surface area contributed by atoms with E-state index in [9.17, 15) is 9.18 Å². The largest absolute Gasteiger partial charge is 0.444 e. The number of benzene rings is 1. The number of carbonyl (C=O) groups excluding carboxylic acids is 1. The molecule has 0 aliphatic carbocycles. The van der Waals surface area contributed by atoms with Gasteiger partial charge in [0.15, 0.2) is 0 Å². The smallest absolute Gasteiger partial charge is 0.410 e. The third-order valence-electron chi connectivity index (χ3n) is 7.16. The Hall–Kier alpha value is -3.01. The van der Waals surface area contributed by atoms with Crippen molar-refractivity contribution in [1.82, 2.24) is 29.7 Å². The van der Waals surface area contributed by atoms with Gasteiger partial charge in [-0.25, -0.2) is 9.18 Å². The van der Waals surface area contributed by atoms with Crippen molar-refractivity contribution in [3.8, 4) is 5.95 Å². The normalized spacial score (nSPS) is 21.0. The summed E-state index contributed by atoms with van der Waals surface area (Å²) >= 11 is 0. The maximum Gasteiger partial charge on any atom is 0.410 e. The Morgan fingerprint density at radius 3 is 2.73 bits per heavy atom. The van der Waals surface area contributed by atoms with Crippen molar-refractivity contribution in [1.29, 1.82) is 0 Å². The fourth-order valence-electron chi connectivity index (χ4n) is 5.47. The lowest BCUT2D eigenvalue weighted by Gasteiger charge is -2.25. The van der Waals surface area contributed by atoms with E-state index >= 15 is 0 Å². The summed E-state index contributed by atoms with van der Waals surface area (Å²) in [7, 11) is 0. The minimum absolute atomic E-state index is 0.137. The van der Waals surface area contributed by atoms with Crippen LogP contribution in [0.2, 0.25) is 0 Å². The lowest BCUT2D eigenvalue weighted by molar-refractivity contribution is 0.0285. The first-order valence-corrected chi connectivity index (χ1v) is 13.3. The van der Waals surface area contributed by atoms with Crippen LogP contribution in [0.25, 0.3) is 16.9 Å². The monoisotopic (exact) mass is 512 g/mol. The highest BCUT2D eigenvalue weighted by molar-refractivity contribution is 5.84. The van der Waals surface area contributed by atoms with Gasteiger partial charge in [-0.1, -0.05) is 26.0 Å². The van der Waals surface area contributed by atoms with Gasteiger partial charge in [0.1, 0.15) is 16.9 Å². The van der Waals surface area contributed by atoms with Crippen LogP contribution in [0.4, 0.5) is 9.18 Å². The third-order valence-corrected chi connectivity index (χ3v) is 7.16. The number of ether oxygens (including phenoxy) is 1. The summed E-state index contributed by atoms with van der Waals surface area (Å²) in [5.74, 6) is 1.46. The minimum atomic E-state index is -0.471. The predicted octanol–water partition coefficient (Wildman–Crippen LogP) is 4.79. The molecule has 37 heavy (non-hydrogen) atoms. The van der Waals surface area contributed by atoms with E-state index in [0.717, 1.165) is 56.6 Å². The number of aromatic nitrogens is 4. The molecule has 2 atom stereocenters. The van der Waals surface area contributed by atoms with Crippen LogP contribution in [-0.2, 0) is 11.2 Å². The number of likely N-dealkylation sites (tertiary alicyclic amines) is 2. The Morgan fingerprint density at radius 2 is 1.97 bits per heavy atom. The van der Waals surface area contributed by atoms with Crippen molar-refractivity contribution in [3.05, 3.63) is 35.6 Å². The highest BCUT2D eigenvalue weighted by Crippen LogP contribution is 2.29. The quantitative estimate of drug-likeness (QED) is 0.469. The third kappa shape index (κ3) is 5.63. The number of para-hydroxylation sites is 1. The van der Waals surface area contributed by atoms with E-state index < -0.39 is 5.60 Å². The van der Waals surface area contributed by atoms with E-state index in [1.165, 1.54) is 10.7 Å². The van der Waals surface area contributed by atoms with E-state index in [-0.39, 0.29) is 23.8 Å². The highest BCUT2D eigenvalue weighted by Gasteiger charge is 2.33. The Labute approximate surface area is 216 Å². The van der Waals surface area contributed by atoms with Crippen LogP contribution in [-0.4, -0.2) is 74.1 Å². The summed E-state index contributed by atoms with van der Waals surface area (Å²) in [5.41, 5.74) is 0.716. The molecule has 2 saturated heterocycles. The summed E-state index contributed by atoms with van der Waals surface area (Å²) in [6.45, 7) is 14.2. The average molecular weight is 513 g/mol. The first-order chi connectivity index (χ1) is 17.6. The fourth-order valence-corrected chi connectivity index (χ4v) is 5.47. The molecule has 0 N–H and O–H groups in total. The second kappa shape index (κ2) is 10.0. The molecule has 0 unspecified atom stereocenters. The zero-order valence-corrected chi connectivity index (χ0v) is 22.4. The van der Waals surface area contributed by atoms with Gasteiger partial charge in [0.2, 0.25) is 5.89 Å². The van der Waals surface area contributed by atoms with Crippen molar-refractivity contribution in [2.75, 3.05) is 32.7 Å². The Balaban J connectivity index is 1.18. The van der Waals surface area contributed by atoms with E-state index in [4.69, 9.17) is 9.26 Å². The number of hydrogen-bond donors (Lipinski definition) is 0. The van der Waals surface area contributed by atoms with Gasteiger partial charge in [0, 0.05) is 38.0 Å². The molecule has 0 radical (unpaired) electrons. The van der Waals surface area contributed by atoms with Gasteiger partial charge < -0.3 is 19.1 Å². The predicted molar refractivity (Wildman–Crippen MR) is 137 cm³/mol. The van der Waals surface area contributed by atoms with Gasteiger partial charge in [0.05, 0.1) is 5.69 Å². The Kier molecular flexibility index (Phi) is 6.95. The molecule has 3 aromatic rings. The standard InChI is InChI=1S/C27H37FN6O3/c1-17(2)23-20-7-6-8-21(28)24(20)34(30-23)25-29-22(37-31-25)13-18-9-11-32(14-18)15-19-10-12-33(16-19)26(35)36-27(3,4)5/h6-8,17-19H,9-16H2,1-5H3/t18-,19+/m0/s1. The molecule has 2 fully saturated rings. The summed E-state index contributed by atoms with van der Waals surface area (Å²) < 4.78 is 27.3. The van der Waals surface area contributed by atoms with Crippen LogP contribution < -0.4 is 0 Å². The molecule has 0 bridgehead atoms. The maximum absolute atomic E-state index is 14.7. The lowest BCUT2D eigenvalue weighted by atomic mass is 10.1. The molecular weight excluding hydrogens is 475 g/mol. The Morgan fingerprint density at radius 1 is 1.19 bits per heavy atom. The second-order valence-electron chi connectivity index (χ2n) is 11.8. The van der Waals surface area contributed by atoms with E-state index in [2.05, 4.69) is 20.1 Å². The molecular formula is C27H37FN6O3. The number of fused-ring (bicyclic) bond motifs is 1. The number of amides is 1. The minimum Gasteiger partial charge on any atom is -0.444 e. The van der Waals surface area contributed by atoms with E-state index in [0.29, 0.717) is 29.7 Å². The fraction of sp³-hybridized carbons (Fsp3) is 0.630. The molecule has 5 rings (SSSR count). The molecule has 4 heterocycles. The van der Waals surface area contributed by atoms with Crippen LogP contribution in [0.5, 0.6) is 0 Å². The zero-order chi connectivity index (χ0) is 26.3. The van der Waals surface area contributed by atoms with Crippen LogP contribution in [0.15, 0.2) is 22.7 Å². The van der Waals surface area contributed by atoms with Crippen LogP contribution in [0.1, 0.15) is 65.0 Å². The van der Waals surface area contributed by atoms with Crippen molar-refractivity contribution < 1.29 is 18.4 Å². The average Bonchev–Trinajstić information content (AvgIpc) is 3.59. The van der Waals surface area contributed by atoms with Gasteiger partial charge in [-0.3, -0.25) is 0 Å². The molecule has 1 amide bonds. The number of carbonyl (C=O) groups is 1. The van der Waals surface area contributed by atoms with Gasteiger partial charge in [-0.05, 0) is 69.1 Å². The number of rotatable bonds is 6. The summed E-state index contributed by atoms with van der Waals surface area (Å²) in [4.78, 5) is 21.2. The SMILES string of the molecule is CC(C)c1nn(-c2noc(C[C@@H]3CCN(C[C@H]4CCN(C(=O)OC(C)(C)C)C4)C3)n2)c2c(F)cccc12. The van der Waals surface area contributed by atoms with Crippen molar-refractivity contribution in [2.24, 2.45) is 11.8 Å². The molecule has 10 heteroatoms. The molecule has 1 aromatic carbocycles. The molecule has 200 valence electrons. The summed E-state index contributed by atoms with van der Waals surface area (Å²) in [6, 6.07) is 5.00. The molecule has 2 aliphatic heterocycles. The van der Waals surface area contributed by atoms with Crippen molar-refractivity contribution in [2.45, 2.75) is 65.4 Å². The second-order valence-corrected chi connectivity index (χ2v) is 11.8. The van der Waals surface area contributed by atoms with Crippen LogP contribution in [0.3, 0.4) is 0 Å². The highest BCUT2D eigenvalue weighted by atomic mass is 19.1. The van der Waals surface area contributed by atoms with Gasteiger partial charge in [0.25, 0.3) is 5.95 Å².